The van der Waals surface area contributed by atoms with Crippen molar-refractivity contribution in [3.05, 3.63) is 29.3 Å². The fourth-order valence-electron chi connectivity index (χ4n) is 1.51. The monoisotopic (exact) mass is 302 g/mol. The Balaban J connectivity index is 2.97. The van der Waals surface area contributed by atoms with Gasteiger partial charge in [0, 0.05) is 6.54 Å². The van der Waals surface area contributed by atoms with Gasteiger partial charge in [-0.1, -0.05) is 6.07 Å². The van der Waals surface area contributed by atoms with Crippen LogP contribution in [0, 0.1) is 11.3 Å². The molecule has 5 nitrogen and oxygen atoms in total. The standard InChI is InChI=1S/C13H13F3N2O3/c1-12(11(19)20,13(14,15)16)18-7-8-3-4-9(6-17)10(5-8)21-2/h3-5,18H,7H2,1-2H3,(H,19,20). The smallest absolute Gasteiger partial charge is 0.417 e. The highest BCUT2D eigenvalue weighted by molar-refractivity contribution is 5.79. The molecule has 1 aromatic carbocycles. The maximum absolute atomic E-state index is 12.8. The van der Waals surface area contributed by atoms with Crippen molar-refractivity contribution in [2.45, 2.75) is 25.2 Å². The summed E-state index contributed by atoms with van der Waals surface area (Å²) in [6.07, 6.45) is -4.95. The number of carbonyl (C=O) groups is 1. The maximum atomic E-state index is 12.8. The summed E-state index contributed by atoms with van der Waals surface area (Å²) >= 11 is 0. The van der Waals surface area contributed by atoms with Crippen LogP contribution in [0.3, 0.4) is 0 Å². The third-order valence-corrected chi connectivity index (χ3v) is 3.03. The number of hydrogen-bond acceptors (Lipinski definition) is 4. The lowest BCUT2D eigenvalue weighted by Gasteiger charge is -2.28. The molecule has 1 rings (SSSR count). The van der Waals surface area contributed by atoms with E-state index in [0.29, 0.717) is 12.5 Å². The number of rotatable bonds is 5. The van der Waals surface area contributed by atoms with Gasteiger partial charge in [0.05, 0.1) is 12.7 Å². The summed E-state index contributed by atoms with van der Waals surface area (Å²) in [7, 11) is 1.32. The number of nitrogens with zero attached hydrogens (tertiary/aromatic N) is 1. The molecule has 0 amide bonds. The highest BCUT2D eigenvalue weighted by Crippen LogP contribution is 2.31. The molecule has 0 aromatic heterocycles. The Morgan fingerprint density at radius 1 is 1.48 bits per heavy atom. The van der Waals surface area contributed by atoms with Crippen LogP contribution in [0.5, 0.6) is 5.75 Å². The number of ether oxygens (including phenoxy) is 1. The minimum atomic E-state index is -4.95. The van der Waals surface area contributed by atoms with Gasteiger partial charge in [-0.05, 0) is 24.6 Å². The van der Waals surface area contributed by atoms with Gasteiger partial charge in [-0.2, -0.15) is 18.4 Å². The average Bonchev–Trinajstić information content (AvgIpc) is 2.42. The first kappa shape index (κ1) is 16.8. The first-order chi connectivity index (χ1) is 9.65. The van der Waals surface area contributed by atoms with Crippen LogP contribution >= 0.6 is 0 Å². The van der Waals surface area contributed by atoms with Gasteiger partial charge in [-0.25, -0.2) is 4.79 Å². The Bertz CT molecular complexity index is 581. The molecule has 1 atom stereocenters. The van der Waals surface area contributed by atoms with Crippen LogP contribution in [0.1, 0.15) is 18.1 Å². The highest BCUT2D eigenvalue weighted by atomic mass is 19.4. The fraction of sp³-hybridized carbons (Fsp3) is 0.385. The lowest BCUT2D eigenvalue weighted by molar-refractivity contribution is -0.206. The van der Waals surface area contributed by atoms with E-state index >= 15 is 0 Å². The molecule has 1 unspecified atom stereocenters. The van der Waals surface area contributed by atoms with Crippen LogP contribution in [0.2, 0.25) is 0 Å². The predicted molar refractivity (Wildman–Crippen MR) is 66.6 cm³/mol. The Hall–Kier alpha value is -2.27. The molecule has 0 aliphatic carbocycles. The number of nitriles is 1. The molecule has 8 heteroatoms. The molecule has 0 aliphatic rings. The molecule has 0 radical (unpaired) electrons. The summed E-state index contributed by atoms with van der Waals surface area (Å²) < 4.78 is 43.4. The van der Waals surface area contributed by atoms with E-state index in [-0.39, 0.29) is 17.9 Å². The molecule has 0 saturated carbocycles. The summed E-state index contributed by atoms with van der Waals surface area (Å²) in [5.74, 6) is -1.81. The lowest BCUT2D eigenvalue weighted by atomic mass is 10.0. The maximum Gasteiger partial charge on any atom is 0.417 e. The number of hydrogen-bond donors (Lipinski definition) is 2. The molecule has 0 aliphatic heterocycles. The van der Waals surface area contributed by atoms with Crippen molar-refractivity contribution in [3.63, 3.8) is 0 Å². The van der Waals surface area contributed by atoms with E-state index in [1.54, 1.807) is 0 Å². The summed E-state index contributed by atoms with van der Waals surface area (Å²) in [6, 6.07) is 6.06. The Labute approximate surface area is 118 Å². The van der Waals surface area contributed by atoms with Gasteiger partial charge in [0.1, 0.15) is 11.8 Å². The number of carboxylic acid groups (broad SMARTS) is 1. The van der Waals surface area contributed by atoms with Crippen molar-refractivity contribution in [2.24, 2.45) is 0 Å². The third kappa shape index (κ3) is 3.44. The molecule has 0 fully saturated rings. The Kier molecular flexibility index (Phi) is 4.80. The highest BCUT2D eigenvalue weighted by Gasteiger charge is 2.57. The Morgan fingerprint density at radius 2 is 2.10 bits per heavy atom. The van der Waals surface area contributed by atoms with Gasteiger partial charge >= 0.3 is 12.1 Å². The zero-order valence-electron chi connectivity index (χ0n) is 11.3. The van der Waals surface area contributed by atoms with E-state index in [4.69, 9.17) is 15.1 Å². The van der Waals surface area contributed by atoms with Crippen LogP contribution in [-0.2, 0) is 11.3 Å². The van der Waals surface area contributed by atoms with Crippen molar-refractivity contribution >= 4 is 5.97 Å². The minimum Gasteiger partial charge on any atom is -0.495 e. The number of nitrogens with one attached hydrogen (secondary N) is 1. The predicted octanol–water partition coefficient (Wildman–Crippen LogP) is 2.06. The summed E-state index contributed by atoms with van der Waals surface area (Å²) in [6.45, 7) is 0.209. The lowest BCUT2D eigenvalue weighted by Crippen LogP contribution is -2.59. The van der Waals surface area contributed by atoms with Crippen LogP contribution in [0.25, 0.3) is 0 Å². The van der Waals surface area contributed by atoms with Gasteiger partial charge in [0.25, 0.3) is 0 Å². The third-order valence-electron chi connectivity index (χ3n) is 3.03. The molecule has 1 aromatic rings. The van der Waals surface area contributed by atoms with Gasteiger partial charge in [-0.3, -0.25) is 5.32 Å². The minimum absolute atomic E-state index is 0.209. The van der Waals surface area contributed by atoms with Crippen LogP contribution in [-0.4, -0.2) is 29.9 Å². The van der Waals surface area contributed by atoms with E-state index in [1.165, 1.54) is 25.3 Å². The van der Waals surface area contributed by atoms with Gasteiger partial charge < -0.3 is 9.84 Å². The number of methoxy groups -OCH3 is 1. The van der Waals surface area contributed by atoms with Crippen molar-refractivity contribution in [2.75, 3.05) is 7.11 Å². The number of halogens is 3. The molecule has 2 N–H and O–H groups in total. The van der Waals surface area contributed by atoms with Crippen LogP contribution in [0.15, 0.2) is 18.2 Å². The average molecular weight is 302 g/mol. The molecule has 114 valence electrons. The van der Waals surface area contributed by atoms with E-state index in [0.717, 1.165) is 0 Å². The van der Waals surface area contributed by atoms with Gasteiger partial charge in [-0.15, -0.1) is 0 Å². The largest absolute Gasteiger partial charge is 0.495 e. The normalized spacial score (nSPS) is 14.1. The Morgan fingerprint density at radius 3 is 2.52 bits per heavy atom. The van der Waals surface area contributed by atoms with Crippen LogP contribution < -0.4 is 10.1 Å². The molecule has 21 heavy (non-hydrogen) atoms. The second-order valence-electron chi connectivity index (χ2n) is 4.43. The molecular weight excluding hydrogens is 289 g/mol. The number of alkyl halides is 3. The SMILES string of the molecule is COc1cc(CNC(C)(C(=O)O)C(F)(F)F)ccc1C#N. The topological polar surface area (TPSA) is 82.3 Å². The molecule has 0 bridgehead atoms. The second-order valence-corrected chi connectivity index (χ2v) is 4.43. The molecule has 0 heterocycles. The van der Waals surface area contributed by atoms with E-state index in [2.05, 4.69) is 0 Å². The zero-order valence-corrected chi connectivity index (χ0v) is 11.3. The van der Waals surface area contributed by atoms with E-state index in [9.17, 15) is 18.0 Å². The quantitative estimate of drug-likeness (QED) is 0.870. The first-order valence-electron chi connectivity index (χ1n) is 5.78. The number of carboxylic acids is 1. The first-order valence-corrected chi connectivity index (χ1v) is 5.78. The summed E-state index contributed by atoms with van der Waals surface area (Å²) in [4.78, 5) is 10.9. The molecule has 0 saturated heterocycles. The summed E-state index contributed by atoms with van der Waals surface area (Å²) in [5, 5.41) is 19.6. The van der Waals surface area contributed by atoms with Crippen molar-refractivity contribution in [1.82, 2.24) is 5.32 Å². The van der Waals surface area contributed by atoms with Gasteiger partial charge in [0.15, 0.2) is 0 Å². The fourth-order valence-corrected chi connectivity index (χ4v) is 1.51. The number of aliphatic carboxylic acids is 1. The summed E-state index contributed by atoms with van der Waals surface area (Å²) in [5.41, 5.74) is -2.46. The molecular formula is C13H13F3N2O3. The zero-order chi connectivity index (χ0) is 16.3. The van der Waals surface area contributed by atoms with Gasteiger partial charge in [0.2, 0.25) is 5.54 Å². The van der Waals surface area contributed by atoms with E-state index in [1.807, 2.05) is 11.4 Å². The van der Waals surface area contributed by atoms with E-state index < -0.39 is 17.7 Å². The van der Waals surface area contributed by atoms with Crippen molar-refractivity contribution in [3.8, 4) is 11.8 Å². The van der Waals surface area contributed by atoms with Crippen LogP contribution in [0.4, 0.5) is 13.2 Å². The second kappa shape index (κ2) is 6.01. The van der Waals surface area contributed by atoms with Crippen molar-refractivity contribution in [1.29, 1.82) is 5.26 Å². The van der Waals surface area contributed by atoms with Crippen molar-refractivity contribution < 1.29 is 27.8 Å². The number of benzene rings is 1. The molecule has 0 spiro atoms.